The molecule has 98 valence electrons. The first-order valence-electron chi connectivity index (χ1n) is 6.62. The number of rotatable bonds is 4. The Morgan fingerprint density at radius 2 is 1.61 bits per heavy atom. The van der Waals surface area contributed by atoms with Crippen LogP contribution in [0, 0.1) is 5.41 Å². The lowest BCUT2D eigenvalue weighted by Gasteiger charge is -2.14. The van der Waals surface area contributed by atoms with E-state index >= 15 is 0 Å². The fourth-order valence-electron chi connectivity index (χ4n) is 1.55. The summed E-state index contributed by atoms with van der Waals surface area (Å²) in [6.07, 6.45) is 8.54. The van der Waals surface area contributed by atoms with Gasteiger partial charge in [0, 0.05) is 5.41 Å². The third-order valence-electron chi connectivity index (χ3n) is 2.45. The van der Waals surface area contributed by atoms with Gasteiger partial charge < -0.3 is 0 Å². The van der Waals surface area contributed by atoms with Gasteiger partial charge in [0.15, 0.2) is 0 Å². The Labute approximate surface area is 113 Å². The van der Waals surface area contributed by atoms with Crippen molar-refractivity contribution in [2.45, 2.75) is 34.6 Å². The molecule has 0 fully saturated rings. The minimum Gasteiger partial charge on any atom is -0.0912 e. The number of hydrogen-bond donors (Lipinski definition) is 0. The van der Waals surface area contributed by atoms with E-state index in [1.54, 1.807) is 0 Å². The summed E-state index contributed by atoms with van der Waals surface area (Å²) in [5, 5.41) is 0. The smallest absolute Gasteiger partial charge is 0.000762 e. The van der Waals surface area contributed by atoms with E-state index in [2.05, 4.69) is 56.9 Å². The van der Waals surface area contributed by atoms with Crippen LogP contribution in [0.4, 0.5) is 0 Å². The summed E-state index contributed by atoms with van der Waals surface area (Å²) in [6, 6.07) is 10.2. The zero-order valence-electron chi connectivity index (χ0n) is 12.4. The predicted molar refractivity (Wildman–Crippen MR) is 84.6 cm³/mol. The summed E-state index contributed by atoms with van der Waals surface area (Å²) in [5.41, 5.74) is 2.32. The molecule has 0 amide bonds. The summed E-state index contributed by atoms with van der Waals surface area (Å²) in [4.78, 5) is 0. The quantitative estimate of drug-likeness (QED) is 0.456. The second-order valence-electron chi connectivity index (χ2n) is 4.55. The average Bonchev–Trinajstić information content (AvgIpc) is 2.39. The van der Waals surface area contributed by atoms with Gasteiger partial charge in [0.05, 0.1) is 0 Å². The van der Waals surface area contributed by atoms with Crippen LogP contribution in [0.25, 0.3) is 5.57 Å². The summed E-state index contributed by atoms with van der Waals surface area (Å²) < 4.78 is 0. The minimum absolute atomic E-state index is 0.0898. The maximum absolute atomic E-state index is 4.08. The molecule has 0 spiro atoms. The van der Waals surface area contributed by atoms with Gasteiger partial charge in [0.1, 0.15) is 0 Å². The number of hydrogen-bond acceptors (Lipinski definition) is 0. The van der Waals surface area contributed by atoms with E-state index in [0.29, 0.717) is 0 Å². The summed E-state index contributed by atoms with van der Waals surface area (Å²) in [7, 11) is 0. The highest BCUT2D eigenvalue weighted by molar-refractivity contribution is 5.71. The van der Waals surface area contributed by atoms with E-state index in [0.717, 1.165) is 5.57 Å². The Morgan fingerprint density at radius 3 is 2.11 bits per heavy atom. The minimum atomic E-state index is 0.0898. The van der Waals surface area contributed by atoms with Crippen molar-refractivity contribution < 1.29 is 0 Å². The Morgan fingerprint density at radius 1 is 1.06 bits per heavy atom. The molecule has 1 rings (SSSR count). The molecule has 0 saturated heterocycles. The van der Waals surface area contributed by atoms with Crippen molar-refractivity contribution in [1.29, 1.82) is 0 Å². The largest absolute Gasteiger partial charge is 0.0912 e. The first-order valence-corrected chi connectivity index (χ1v) is 6.62. The molecule has 0 aliphatic heterocycles. The molecule has 0 bridgehead atoms. The highest BCUT2D eigenvalue weighted by Gasteiger charge is 2.07. The lowest BCUT2D eigenvalue weighted by molar-refractivity contribution is 0.625. The molecule has 0 aromatic heterocycles. The van der Waals surface area contributed by atoms with Crippen molar-refractivity contribution in [3.05, 3.63) is 66.8 Å². The Bertz CT molecular complexity index is 391. The van der Waals surface area contributed by atoms with E-state index in [9.17, 15) is 0 Å². The molecule has 0 heteroatoms. The van der Waals surface area contributed by atoms with E-state index in [4.69, 9.17) is 0 Å². The van der Waals surface area contributed by atoms with Crippen molar-refractivity contribution in [2.24, 2.45) is 5.41 Å². The van der Waals surface area contributed by atoms with Crippen LogP contribution in [-0.4, -0.2) is 0 Å². The maximum Gasteiger partial charge on any atom is 0.000762 e. The SMILES string of the molecule is C=C(/C=C\C(C)(C)/C=C\C)c1ccccc1.CC. The predicted octanol–water partition coefficient (Wildman–Crippen LogP) is 5.88. The lowest BCUT2D eigenvalue weighted by Crippen LogP contribution is -2.01. The van der Waals surface area contributed by atoms with Crippen molar-refractivity contribution in [2.75, 3.05) is 0 Å². The van der Waals surface area contributed by atoms with Crippen LogP contribution < -0.4 is 0 Å². The third-order valence-corrected chi connectivity index (χ3v) is 2.45. The first kappa shape index (κ1) is 16.4. The molecule has 0 heterocycles. The van der Waals surface area contributed by atoms with Crippen LogP contribution in [-0.2, 0) is 0 Å². The van der Waals surface area contributed by atoms with Crippen molar-refractivity contribution in [3.63, 3.8) is 0 Å². The number of benzene rings is 1. The average molecular weight is 242 g/mol. The highest BCUT2D eigenvalue weighted by Crippen LogP contribution is 2.22. The topological polar surface area (TPSA) is 0 Å². The molecular weight excluding hydrogens is 216 g/mol. The molecule has 0 saturated carbocycles. The zero-order chi connectivity index (χ0) is 14.0. The van der Waals surface area contributed by atoms with E-state index in [-0.39, 0.29) is 5.41 Å². The van der Waals surface area contributed by atoms with Crippen LogP contribution >= 0.6 is 0 Å². The highest BCUT2D eigenvalue weighted by atomic mass is 14.1. The van der Waals surface area contributed by atoms with Gasteiger partial charge in [-0.1, -0.05) is 88.9 Å². The summed E-state index contributed by atoms with van der Waals surface area (Å²) >= 11 is 0. The molecule has 0 aliphatic carbocycles. The molecule has 0 nitrogen and oxygen atoms in total. The van der Waals surface area contributed by atoms with Gasteiger partial charge >= 0.3 is 0 Å². The fraction of sp³-hybridized carbons (Fsp3) is 0.333. The van der Waals surface area contributed by atoms with Crippen molar-refractivity contribution >= 4 is 5.57 Å². The van der Waals surface area contributed by atoms with Crippen molar-refractivity contribution in [1.82, 2.24) is 0 Å². The van der Waals surface area contributed by atoms with Gasteiger partial charge in [0.2, 0.25) is 0 Å². The van der Waals surface area contributed by atoms with Crippen LogP contribution in [0.15, 0.2) is 61.2 Å². The lowest BCUT2D eigenvalue weighted by atomic mass is 9.91. The fourth-order valence-corrected chi connectivity index (χ4v) is 1.55. The van der Waals surface area contributed by atoms with Crippen LogP contribution in [0.3, 0.4) is 0 Å². The zero-order valence-corrected chi connectivity index (χ0v) is 12.4. The van der Waals surface area contributed by atoms with Crippen LogP contribution in [0.1, 0.15) is 40.2 Å². The van der Waals surface area contributed by atoms with Crippen LogP contribution in [0.5, 0.6) is 0 Å². The van der Waals surface area contributed by atoms with Crippen LogP contribution in [0.2, 0.25) is 0 Å². The Kier molecular flexibility index (Phi) is 7.78. The molecule has 0 aliphatic rings. The van der Waals surface area contributed by atoms with Gasteiger partial charge in [-0.25, -0.2) is 0 Å². The van der Waals surface area contributed by atoms with Gasteiger partial charge in [-0.2, -0.15) is 0 Å². The van der Waals surface area contributed by atoms with Gasteiger partial charge in [0.25, 0.3) is 0 Å². The summed E-state index contributed by atoms with van der Waals surface area (Å²) in [5.74, 6) is 0. The Balaban J connectivity index is 0.00000137. The Hall–Kier alpha value is -1.56. The summed E-state index contributed by atoms with van der Waals surface area (Å²) in [6.45, 7) is 14.5. The monoisotopic (exact) mass is 242 g/mol. The maximum atomic E-state index is 4.08. The third kappa shape index (κ3) is 6.24. The van der Waals surface area contributed by atoms with Gasteiger partial charge in [-0.15, -0.1) is 0 Å². The standard InChI is InChI=1S/C16H20.C2H6/c1-5-12-16(3,4)13-11-14(2)15-9-7-6-8-10-15;1-2/h5-13H,2H2,1,3-4H3;1-2H3/b12-5-,13-11-;. The molecule has 18 heavy (non-hydrogen) atoms. The molecular formula is C18H26. The molecule has 1 aromatic carbocycles. The second-order valence-corrected chi connectivity index (χ2v) is 4.55. The molecule has 0 radical (unpaired) electrons. The van der Waals surface area contributed by atoms with E-state index in [1.165, 1.54) is 5.56 Å². The molecule has 1 aromatic rings. The van der Waals surface area contributed by atoms with Gasteiger partial charge in [-0.3, -0.25) is 0 Å². The van der Waals surface area contributed by atoms with Gasteiger partial charge in [-0.05, 0) is 18.1 Å². The number of allylic oxidation sites excluding steroid dienone is 5. The molecule has 0 N–H and O–H groups in total. The van der Waals surface area contributed by atoms with E-state index in [1.807, 2.05) is 39.0 Å². The normalized spacial score (nSPS) is 11.4. The first-order chi connectivity index (χ1) is 8.55. The van der Waals surface area contributed by atoms with E-state index < -0.39 is 0 Å². The second kappa shape index (κ2) is 8.52. The molecule has 0 atom stereocenters. The molecule has 0 unspecified atom stereocenters. The van der Waals surface area contributed by atoms with Crippen molar-refractivity contribution in [3.8, 4) is 0 Å².